The van der Waals surface area contributed by atoms with Crippen LogP contribution < -0.4 is 4.72 Å². The highest BCUT2D eigenvalue weighted by Crippen LogP contribution is 2.20. The van der Waals surface area contributed by atoms with Gasteiger partial charge in [0.05, 0.1) is 4.90 Å². The van der Waals surface area contributed by atoms with E-state index in [4.69, 9.17) is 0 Å². The molecule has 0 saturated heterocycles. The molecule has 0 saturated carbocycles. The first-order valence-electron chi connectivity index (χ1n) is 4.87. The molecule has 0 unspecified atom stereocenters. The second kappa shape index (κ2) is 5.38. The van der Waals surface area contributed by atoms with E-state index in [1.807, 2.05) is 0 Å². The Labute approximate surface area is 122 Å². The van der Waals surface area contributed by atoms with Crippen LogP contribution in [0.5, 0.6) is 0 Å². The topological polar surface area (TPSA) is 59.1 Å². The SMILES string of the molecule is O=S(=O)(Nc1cc(Br)ccn1)c1cccc(Br)c1. The van der Waals surface area contributed by atoms with Crippen molar-refractivity contribution < 1.29 is 8.42 Å². The lowest BCUT2D eigenvalue weighted by molar-refractivity contribution is 0.601. The number of pyridine rings is 1. The van der Waals surface area contributed by atoms with Crippen LogP contribution in [0.1, 0.15) is 0 Å². The van der Waals surface area contributed by atoms with Crippen LogP contribution in [-0.2, 0) is 10.0 Å². The van der Waals surface area contributed by atoms with Crippen molar-refractivity contribution in [2.24, 2.45) is 0 Å². The lowest BCUT2D eigenvalue weighted by atomic mass is 10.4. The van der Waals surface area contributed by atoms with Gasteiger partial charge in [0.15, 0.2) is 0 Å². The minimum atomic E-state index is -3.62. The van der Waals surface area contributed by atoms with Crippen LogP contribution in [0.4, 0.5) is 5.82 Å². The molecule has 0 atom stereocenters. The van der Waals surface area contributed by atoms with E-state index in [-0.39, 0.29) is 10.7 Å². The maximum atomic E-state index is 12.1. The Morgan fingerprint density at radius 3 is 2.44 bits per heavy atom. The van der Waals surface area contributed by atoms with Crippen molar-refractivity contribution in [1.82, 2.24) is 4.98 Å². The summed E-state index contributed by atoms with van der Waals surface area (Å²) in [5.41, 5.74) is 0. The average molecular weight is 392 g/mol. The van der Waals surface area contributed by atoms with Gasteiger partial charge in [-0.15, -0.1) is 0 Å². The fourth-order valence-corrected chi connectivity index (χ4v) is 3.22. The van der Waals surface area contributed by atoms with Crippen LogP contribution in [0.3, 0.4) is 0 Å². The number of nitrogens with zero attached hydrogens (tertiary/aromatic N) is 1. The number of hydrogen-bond donors (Lipinski definition) is 1. The third-order valence-electron chi connectivity index (χ3n) is 2.07. The molecule has 0 aliphatic carbocycles. The molecule has 0 aliphatic rings. The number of anilines is 1. The monoisotopic (exact) mass is 390 g/mol. The fraction of sp³-hybridized carbons (Fsp3) is 0. The van der Waals surface area contributed by atoms with E-state index < -0.39 is 10.0 Å². The van der Waals surface area contributed by atoms with Gasteiger partial charge in [-0.25, -0.2) is 13.4 Å². The van der Waals surface area contributed by atoms with Crippen LogP contribution in [0.2, 0.25) is 0 Å². The summed E-state index contributed by atoms with van der Waals surface area (Å²) in [5, 5.41) is 0. The highest BCUT2D eigenvalue weighted by atomic mass is 79.9. The van der Waals surface area contributed by atoms with Gasteiger partial charge in [-0.3, -0.25) is 4.72 Å². The van der Waals surface area contributed by atoms with Gasteiger partial charge >= 0.3 is 0 Å². The quantitative estimate of drug-likeness (QED) is 0.872. The number of nitrogens with one attached hydrogen (secondary N) is 1. The van der Waals surface area contributed by atoms with Crippen LogP contribution in [-0.4, -0.2) is 13.4 Å². The highest BCUT2D eigenvalue weighted by Gasteiger charge is 2.14. The van der Waals surface area contributed by atoms with Gasteiger partial charge in [0.25, 0.3) is 10.0 Å². The second-order valence-electron chi connectivity index (χ2n) is 3.42. The fourth-order valence-electron chi connectivity index (χ4n) is 1.29. The smallest absolute Gasteiger partial charge is 0.263 e. The van der Waals surface area contributed by atoms with Crippen molar-refractivity contribution in [2.75, 3.05) is 4.72 Å². The number of rotatable bonds is 3. The van der Waals surface area contributed by atoms with Crippen molar-refractivity contribution in [3.05, 3.63) is 51.5 Å². The van der Waals surface area contributed by atoms with E-state index in [1.165, 1.54) is 18.3 Å². The van der Waals surface area contributed by atoms with Crippen molar-refractivity contribution in [1.29, 1.82) is 0 Å². The van der Waals surface area contributed by atoms with Crippen molar-refractivity contribution in [3.8, 4) is 0 Å². The number of benzene rings is 1. The zero-order valence-electron chi connectivity index (χ0n) is 8.97. The van der Waals surface area contributed by atoms with Gasteiger partial charge < -0.3 is 0 Å². The second-order valence-corrected chi connectivity index (χ2v) is 6.94. The Hall–Kier alpha value is -0.920. The third-order valence-corrected chi connectivity index (χ3v) is 4.41. The van der Waals surface area contributed by atoms with Crippen LogP contribution in [0.15, 0.2) is 56.4 Å². The Bertz CT molecular complexity index is 674. The van der Waals surface area contributed by atoms with Crippen LogP contribution in [0.25, 0.3) is 0 Å². The molecule has 0 aliphatic heterocycles. The van der Waals surface area contributed by atoms with Gasteiger partial charge in [0.1, 0.15) is 5.82 Å². The van der Waals surface area contributed by atoms with E-state index in [1.54, 1.807) is 24.3 Å². The van der Waals surface area contributed by atoms with Gasteiger partial charge in [-0.05, 0) is 30.3 Å². The molecule has 1 aromatic carbocycles. The number of sulfonamides is 1. The van der Waals surface area contributed by atoms with Gasteiger partial charge in [-0.2, -0.15) is 0 Å². The normalized spacial score (nSPS) is 11.2. The summed E-state index contributed by atoms with van der Waals surface area (Å²) < 4.78 is 28.0. The summed E-state index contributed by atoms with van der Waals surface area (Å²) in [7, 11) is -3.62. The van der Waals surface area contributed by atoms with Gasteiger partial charge in [0.2, 0.25) is 0 Å². The number of halogens is 2. The Morgan fingerprint density at radius 2 is 1.78 bits per heavy atom. The van der Waals surface area contributed by atoms with E-state index in [0.717, 1.165) is 4.47 Å². The Morgan fingerprint density at radius 1 is 1.06 bits per heavy atom. The molecule has 94 valence electrons. The zero-order chi connectivity index (χ0) is 13.2. The lowest BCUT2D eigenvalue weighted by Gasteiger charge is -2.07. The highest BCUT2D eigenvalue weighted by molar-refractivity contribution is 9.10. The van der Waals surface area contributed by atoms with E-state index in [2.05, 4.69) is 41.6 Å². The summed E-state index contributed by atoms with van der Waals surface area (Å²) in [5.74, 6) is 0.268. The maximum Gasteiger partial charge on any atom is 0.263 e. The molecule has 18 heavy (non-hydrogen) atoms. The third kappa shape index (κ3) is 3.30. The van der Waals surface area contributed by atoms with Crippen molar-refractivity contribution in [2.45, 2.75) is 4.90 Å². The Kier molecular flexibility index (Phi) is 4.04. The molecular formula is C11H8Br2N2O2S. The zero-order valence-corrected chi connectivity index (χ0v) is 13.0. The van der Waals surface area contributed by atoms with Crippen LogP contribution >= 0.6 is 31.9 Å². The van der Waals surface area contributed by atoms with E-state index >= 15 is 0 Å². The van der Waals surface area contributed by atoms with Gasteiger partial charge in [-0.1, -0.05) is 37.9 Å². The summed E-state index contributed by atoms with van der Waals surface area (Å²) in [6, 6.07) is 9.78. The summed E-state index contributed by atoms with van der Waals surface area (Å²) >= 11 is 6.49. The molecule has 0 radical (unpaired) electrons. The predicted octanol–water partition coefficient (Wildman–Crippen LogP) is 3.41. The van der Waals surface area contributed by atoms with Crippen LogP contribution in [0, 0.1) is 0 Å². The average Bonchev–Trinajstić information content (AvgIpc) is 2.28. The molecule has 0 fully saturated rings. The molecule has 0 bridgehead atoms. The molecule has 0 spiro atoms. The number of aromatic nitrogens is 1. The summed E-state index contributed by atoms with van der Waals surface area (Å²) in [6.07, 6.45) is 1.52. The molecule has 1 heterocycles. The molecule has 0 amide bonds. The predicted molar refractivity (Wildman–Crippen MR) is 76.9 cm³/mol. The molecule has 2 aromatic rings. The first-order chi connectivity index (χ1) is 8.47. The largest absolute Gasteiger partial charge is 0.263 e. The maximum absolute atomic E-state index is 12.1. The first-order valence-corrected chi connectivity index (χ1v) is 7.94. The van der Waals surface area contributed by atoms with Crippen molar-refractivity contribution >= 4 is 47.7 Å². The Balaban J connectivity index is 2.33. The lowest BCUT2D eigenvalue weighted by Crippen LogP contribution is -2.13. The molecule has 7 heteroatoms. The van der Waals surface area contributed by atoms with Crippen molar-refractivity contribution in [3.63, 3.8) is 0 Å². The molecule has 1 aromatic heterocycles. The molecular weight excluding hydrogens is 384 g/mol. The minimum absolute atomic E-state index is 0.179. The first kappa shape index (κ1) is 13.5. The molecule has 4 nitrogen and oxygen atoms in total. The summed E-state index contributed by atoms with van der Waals surface area (Å²) in [4.78, 5) is 4.12. The number of hydrogen-bond acceptors (Lipinski definition) is 3. The summed E-state index contributed by atoms with van der Waals surface area (Å²) in [6.45, 7) is 0. The van der Waals surface area contributed by atoms with Gasteiger partial charge in [0, 0.05) is 15.1 Å². The minimum Gasteiger partial charge on any atom is -0.263 e. The molecule has 2 rings (SSSR count). The van der Waals surface area contributed by atoms with E-state index in [9.17, 15) is 8.42 Å². The van der Waals surface area contributed by atoms with E-state index in [0.29, 0.717) is 4.47 Å². The standard InChI is InChI=1S/C11H8Br2N2O2S/c12-8-2-1-3-10(6-8)18(16,17)15-11-7-9(13)4-5-14-11/h1-7H,(H,14,15). The molecule has 1 N–H and O–H groups in total.